The van der Waals surface area contributed by atoms with Gasteiger partial charge in [-0.05, 0) is 30.3 Å². The maximum atomic E-state index is 12.9. The van der Waals surface area contributed by atoms with Gasteiger partial charge in [-0.15, -0.1) is 0 Å². The summed E-state index contributed by atoms with van der Waals surface area (Å²) >= 11 is 0. The van der Waals surface area contributed by atoms with Crippen LogP contribution in [0.3, 0.4) is 0 Å². The second-order valence-corrected chi connectivity index (χ2v) is 4.06. The number of hydrogen-bond donors (Lipinski definition) is 1. The molecule has 0 aliphatic rings. The van der Waals surface area contributed by atoms with Gasteiger partial charge in [0.25, 0.3) is 5.91 Å². The fourth-order valence-electron chi connectivity index (χ4n) is 1.77. The van der Waals surface area contributed by atoms with Crippen LogP contribution in [0.5, 0.6) is 0 Å². The van der Waals surface area contributed by atoms with Crippen molar-refractivity contribution in [2.75, 3.05) is 5.32 Å². The molecule has 0 fully saturated rings. The molecule has 20 heavy (non-hydrogen) atoms. The van der Waals surface area contributed by atoms with E-state index in [1.807, 2.05) is 0 Å². The molecule has 0 saturated heterocycles. The molecule has 98 valence electrons. The lowest BCUT2D eigenvalue weighted by molar-refractivity contribution is 0.102. The number of pyridine rings is 1. The number of fused-ring (bicyclic) bond motifs is 1. The molecule has 0 atom stereocenters. The van der Waals surface area contributed by atoms with Crippen LogP contribution in [0.15, 0.2) is 48.8 Å². The predicted molar refractivity (Wildman–Crippen MR) is 71.7 cm³/mol. The van der Waals surface area contributed by atoms with Gasteiger partial charge < -0.3 is 5.32 Å². The van der Waals surface area contributed by atoms with E-state index in [4.69, 9.17) is 0 Å². The fraction of sp³-hybridized carbons (Fsp3) is 0. The molecular weight excluding hydrogens is 259 g/mol. The molecule has 3 aromatic rings. The molecule has 3 rings (SSSR count). The lowest BCUT2D eigenvalue weighted by Crippen LogP contribution is -2.13. The van der Waals surface area contributed by atoms with Gasteiger partial charge in [-0.25, -0.2) is 4.98 Å². The third-order valence-corrected chi connectivity index (χ3v) is 2.69. The van der Waals surface area contributed by atoms with Crippen LogP contribution in [0.2, 0.25) is 0 Å². The molecule has 0 aliphatic carbocycles. The van der Waals surface area contributed by atoms with Crippen LogP contribution in [0.25, 0.3) is 11.0 Å². The zero-order chi connectivity index (χ0) is 13.9. The van der Waals surface area contributed by atoms with Gasteiger partial charge in [0, 0.05) is 18.0 Å². The summed E-state index contributed by atoms with van der Waals surface area (Å²) in [6.07, 6.45) is 3.14. The number of aromatic nitrogens is 3. The summed E-state index contributed by atoms with van der Waals surface area (Å²) in [5, 5.41) is 2.53. The molecule has 0 radical (unpaired) electrons. The van der Waals surface area contributed by atoms with Crippen molar-refractivity contribution in [1.29, 1.82) is 0 Å². The van der Waals surface area contributed by atoms with Crippen LogP contribution < -0.4 is 5.32 Å². The molecule has 1 aromatic carbocycles. The smallest absolute Gasteiger partial charge is 0.256 e. The molecule has 6 heteroatoms. The summed E-state index contributed by atoms with van der Waals surface area (Å²) in [7, 11) is 0. The second-order valence-electron chi connectivity index (χ2n) is 4.06. The highest BCUT2D eigenvalue weighted by Crippen LogP contribution is 2.12. The van der Waals surface area contributed by atoms with Crippen LogP contribution in [-0.4, -0.2) is 20.9 Å². The van der Waals surface area contributed by atoms with Crippen LogP contribution in [-0.2, 0) is 0 Å². The van der Waals surface area contributed by atoms with Crippen molar-refractivity contribution < 1.29 is 9.18 Å². The Morgan fingerprint density at radius 3 is 2.65 bits per heavy atom. The van der Waals surface area contributed by atoms with Gasteiger partial charge in [0.15, 0.2) is 0 Å². The Bertz CT molecular complexity index is 791. The summed E-state index contributed by atoms with van der Waals surface area (Å²) in [4.78, 5) is 23.9. The molecule has 0 saturated carbocycles. The zero-order valence-corrected chi connectivity index (χ0v) is 10.2. The number of hydrogen-bond acceptors (Lipinski definition) is 4. The molecule has 2 aromatic heterocycles. The van der Waals surface area contributed by atoms with Gasteiger partial charge >= 0.3 is 0 Å². The van der Waals surface area contributed by atoms with E-state index < -0.39 is 5.95 Å². The number of benzene rings is 1. The maximum absolute atomic E-state index is 12.9. The first-order valence-corrected chi connectivity index (χ1v) is 5.87. The summed E-state index contributed by atoms with van der Waals surface area (Å²) in [5.74, 6) is -0.864. The van der Waals surface area contributed by atoms with E-state index >= 15 is 0 Å². The van der Waals surface area contributed by atoms with Gasteiger partial charge in [-0.1, -0.05) is 6.07 Å². The summed E-state index contributed by atoms with van der Waals surface area (Å²) in [6.45, 7) is 0. The Kier molecular flexibility index (Phi) is 3.04. The first kappa shape index (κ1) is 12.2. The standard InChI is InChI=1S/C14H9FN4O/c15-12-2-1-3-13(18-12)19-14(20)9-4-5-10-11(8-9)17-7-6-16-10/h1-8H,(H,18,19,20). The van der Waals surface area contributed by atoms with Crippen molar-refractivity contribution in [3.05, 3.63) is 60.3 Å². The predicted octanol–water partition coefficient (Wildman–Crippen LogP) is 2.42. The third kappa shape index (κ3) is 2.44. The molecule has 0 unspecified atom stereocenters. The van der Waals surface area contributed by atoms with Crippen molar-refractivity contribution in [3.63, 3.8) is 0 Å². The summed E-state index contributed by atoms with van der Waals surface area (Å²) < 4.78 is 12.9. The minimum Gasteiger partial charge on any atom is -0.306 e. The molecular formula is C14H9FN4O. The van der Waals surface area contributed by atoms with Gasteiger partial charge in [-0.2, -0.15) is 4.39 Å². The molecule has 2 heterocycles. The highest BCUT2D eigenvalue weighted by atomic mass is 19.1. The van der Waals surface area contributed by atoms with Crippen molar-refractivity contribution in [2.24, 2.45) is 0 Å². The average Bonchev–Trinajstić information content (AvgIpc) is 2.47. The molecule has 5 nitrogen and oxygen atoms in total. The zero-order valence-electron chi connectivity index (χ0n) is 10.2. The van der Waals surface area contributed by atoms with Crippen molar-refractivity contribution in [1.82, 2.24) is 15.0 Å². The lowest BCUT2D eigenvalue weighted by atomic mass is 10.2. The molecule has 1 amide bonds. The monoisotopic (exact) mass is 268 g/mol. The van der Waals surface area contributed by atoms with Gasteiger partial charge in [-0.3, -0.25) is 14.8 Å². The molecule has 0 spiro atoms. The SMILES string of the molecule is O=C(Nc1cccc(F)n1)c1ccc2nccnc2c1. The van der Waals surface area contributed by atoms with Crippen molar-refractivity contribution in [2.45, 2.75) is 0 Å². The quantitative estimate of drug-likeness (QED) is 0.725. The number of anilines is 1. The number of rotatable bonds is 2. The Balaban J connectivity index is 1.88. The topological polar surface area (TPSA) is 67.8 Å². The Morgan fingerprint density at radius 1 is 1.05 bits per heavy atom. The van der Waals surface area contributed by atoms with Crippen molar-refractivity contribution in [3.8, 4) is 0 Å². The minimum absolute atomic E-state index is 0.161. The largest absolute Gasteiger partial charge is 0.306 e. The first-order valence-electron chi connectivity index (χ1n) is 5.87. The Hall–Kier alpha value is -2.89. The lowest BCUT2D eigenvalue weighted by Gasteiger charge is -2.05. The van der Waals surface area contributed by atoms with Gasteiger partial charge in [0.1, 0.15) is 5.82 Å². The minimum atomic E-state index is -0.646. The number of halogens is 1. The van der Waals surface area contributed by atoms with E-state index in [9.17, 15) is 9.18 Å². The Morgan fingerprint density at radius 2 is 1.85 bits per heavy atom. The first-order chi connectivity index (χ1) is 9.72. The normalized spacial score (nSPS) is 10.4. The number of nitrogens with zero attached hydrogens (tertiary/aromatic N) is 3. The van der Waals surface area contributed by atoms with E-state index in [1.54, 1.807) is 30.6 Å². The number of amides is 1. The van der Waals surface area contributed by atoms with Gasteiger partial charge in [0.2, 0.25) is 5.95 Å². The third-order valence-electron chi connectivity index (χ3n) is 2.69. The van der Waals surface area contributed by atoms with Crippen LogP contribution >= 0.6 is 0 Å². The van der Waals surface area contributed by atoms with Crippen LogP contribution in [0.1, 0.15) is 10.4 Å². The van der Waals surface area contributed by atoms with E-state index in [-0.39, 0.29) is 11.7 Å². The fourth-order valence-corrected chi connectivity index (χ4v) is 1.77. The van der Waals surface area contributed by atoms with E-state index in [0.29, 0.717) is 16.6 Å². The van der Waals surface area contributed by atoms with Crippen molar-refractivity contribution >= 4 is 22.8 Å². The van der Waals surface area contributed by atoms with Crippen LogP contribution in [0.4, 0.5) is 10.2 Å². The highest BCUT2D eigenvalue weighted by Gasteiger charge is 2.08. The molecule has 0 aliphatic heterocycles. The van der Waals surface area contributed by atoms with Gasteiger partial charge in [0.05, 0.1) is 11.0 Å². The maximum Gasteiger partial charge on any atom is 0.256 e. The summed E-state index contributed by atoms with van der Waals surface area (Å²) in [6, 6.07) is 9.16. The van der Waals surface area contributed by atoms with E-state index in [2.05, 4.69) is 20.3 Å². The average molecular weight is 268 g/mol. The number of carbonyl (C=O) groups excluding carboxylic acids is 1. The highest BCUT2D eigenvalue weighted by molar-refractivity contribution is 6.05. The Labute approximate surface area is 113 Å². The number of nitrogens with one attached hydrogen (secondary N) is 1. The number of carbonyl (C=O) groups is 1. The van der Waals surface area contributed by atoms with Crippen LogP contribution in [0, 0.1) is 5.95 Å². The molecule has 0 bridgehead atoms. The second kappa shape index (κ2) is 5.00. The van der Waals surface area contributed by atoms with E-state index in [1.165, 1.54) is 18.2 Å². The molecule has 1 N–H and O–H groups in total. The van der Waals surface area contributed by atoms with E-state index in [0.717, 1.165) is 0 Å². The summed E-state index contributed by atoms with van der Waals surface area (Å²) in [5.41, 5.74) is 1.73.